The van der Waals surface area contributed by atoms with Crippen LogP contribution in [0.3, 0.4) is 0 Å². The van der Waals surface area contributed by atoms with Crippen LogP contribution < -0.4 is 15.4 Å². The molecule has 0 saturated heterocycles. The van der Waals surface area contributed by atoms with Crippen molar-refractivity contribution in [2.75, 3.05) is 17.2 Å². The standard InChI is InChI=1S/C16H11N3O3/c17-8-10-2-1-3-12(6-10)18-16(21)11-4-5-13-14(7-11)22-9-15(20)19-13/h1-7H,9H2,(H,18,21)(H,19,20). The predicted octanol–water partition coefficient (Wildman–Crippen LogP) is 2.14. The van der Waals surface area contributed by atoms with Crippen molar-refractivity contribution in [2.45, 2.75) is 0 Å². The van der Waals surface area contributed by atoms with E-state index in [9.17, 15) is 9.59 Å². The van der Waals surface area contributed by atoms with E-state index in [1.807, 2.05) is 6.07 Å². The van der Waals surface area contributed by atoms with E-state index in [2.05, 4.69) is 10.6 Å². The maximum atomic E-state index is 12.2. The molecule has 108 valence electrons. The Morgan fingerprint density at radius 2 is 2.14 bits per heavy atom. The minimum absolute atomic E-state index is 0.0672. The van der Waals surface area contributed by atoms with Gasteiger partial charge in [0, 0.05) is 11.3 Å². The van der Waals surface area contributed by atoms with Crippen molar-refractivity contribution in [3.63, 3.8) is 0 Å². The molecule has 22 heavy (non-hydrogen) atoms. The zero-order chi connectivity index (χ0) is 15.5. The van der Waals surface area contributed by atoms with Gasteiger partial charge in [0.05, 0.1) is 17.3 Å². The van der Waals surface area contributed by atoms with E-state index in [0.717, 1.165) is 0 Å². The molecule has 0 bridgehead atoms. The van der Waals surface area contributed by atoms with Gasteiger partial charge in [0.1, 0.15) is 5.75 Å². The number of nitrogens with one attached hydrogen (secondary N) is 2. The van der Waals surface area contributed by atoms with Crippen molar-refractivity contribution in [1.29, 1.82) is 5.26 Å². The number of ether oxygens (including phenoxy) is 1. The SMILES string of the molecule is N#Cc1cccc(NC(=O)c2ccc3c(c2)OCC(=O)N3)c1. The molecule has 2 aromatic carbocycles. The number of anilines is 2. The molecule has 1 aliphatic rings. The first-order chi connectivity index (χ1) is 10.7. The molecular weight excluding hydrogens is 282 g/mol. The van der Waals surface area contributed by atoms with Gasteiger partial charge in [-0.15, -0.1) is 0 Å². The van der Waals surface area contributed by atoms with Crippen LogP contribution >= 0.6 is 0 Å². The third-order valence-electron chi connectivity index (χ3n) is 3.13. The Balaban J connectivity index is 1.81. The molecule has 0 aliphatic carbocycles. The highest BCUT2D eigenvalue weighted by Gasteiger charge is 2.17. The molecule has 0 atom stereocenters. The van der Waals surface area contributed by atoms with E-state index in [1.54, 1.807) is 42.5 Å². The van der Waals surface area contributed by atoms with E-state index < -0.39 is 0 Å². The summed E-state index contributed by atoms with van der Waals surface area (Å²) in [6.07, 6.45) is 0. The second-order valence-corrected chi connectivity index (χ2v) is 4.69. The lowest BCUT2D eigenvalue weighted by molar-refractivity contribution is -0.118. The van der Waals surface area contributed by atoms with Crippen molar-refractivity contribution in [1.82, 2.24) is 0 Å². The van der Waals surface area contributed by atoms with Crippen LogP contribution in [0.5, 0.6) is 5.75 Å². The molecule has 6 heteroatoms. The number of hydrogen-bond donors (Lipinski definition) is 2. The smallest absolute Gasteiger partial charge is 0.262 e. The molecule has 1 aliphatic heterocycles. The second kappa shape index (κ2) is 5.58. The fraction of sp³-hybridized carbons (Fsp3) is 0.0625. The Bertz CT molecular complexity index is 809. The number of nitrogens with zero attached hydrogens (tertiary/aromatic N) is 1. The number of rotatable bonds is 2. The van der Waals surface area contributed by atoms with Crippen LogP contribution in [-0.2, 0) is 4.79 Å². The van der Waals surface area contributed by atoms with Crippen molar-refractivity contribution in [3.8, 4) is 11.8 Å². The van der Waals surface area contributed by atoms with Gasteiger partial charge in [0.2, 0.25) is 0 Å². The summed E-state index contributed by atoms with van der Waals surface area (Å²) in [6.45, 7) is -0.0672. The van der Waals surface area contributed by atoms with Crippen molar-refractivity contribution in [3.05, 3.63) is 53.6 Å². The summed E-state index contributed by atoms with van der Waals surface area (Å²) in [5.74, 6) is -0.0885. The van der Waals surface area contributed by atoms with Gasteiger partial charge in [0.25, 0.3) is 11.8 Å². The van der Waals surface area contributed by atoms with Crippen molar-refractivity contribution < 1.29 is 14.3 Å². The Morgan fingerprint density at radius 3 is 2.95 bits per heavy atom. The van der Waals surface area contributed by atoms with Gasteiger partial charge in [-0.2, -0.15) is 5.26 Å². The zero-order valence-corrected chi connectivity index (χ0v) is 11.4. The van der Waals surface area contributed by atoms with Crippen LogP contribution in [0.2, 0.25) is 0 Å². The largest absolute Gasteiger partial charge is 0.482 e. The summed E-state index contributed by atoms with van der Waals surface area (Å²) in [5.41, 5.74) is 1.95. The summed E-state index contributed by atoms with van der Waals surface area (Å²) >= 11 is 0. The number of benzene rings is 2. The number of amides is 2. The molecule has 0 spiro atoms. The fourth-order valence-corrected chi connectivity index (χ4v) is 2.09. The summed E-state index contributed by atoms with van der Waals surface area (Å²) < 4.78 is 5.28. The van der Waals surface area contributed by atoms with Crippen molar-refractivity contribution >= 4 is 23.2 Å². The van der Waals surface area contributed by atoms with E-state index >= 15 is 0 Å². The Labute approximate surface area is 126 Å². The molecule has 0 aromatic heterocycles. The normalized spacial score (nSPS) is 12.4. The third kappa shape index (κ3) is 2.74. The maximum Gasteiger partial charge on any atom is 0.262 e. The van der Waals surface area contributed by atoms with E-state index in [4.69, 9.17) is 10.00 Å². The molecule has 2 N–H and O–H groups in total. The van der Waals surface area contributed by atoms with Crippen LogP contribution in [-0.4, -0.2) is 18.4 Å². The maximum absolute atomic E-state index is 12.2. The number of fused-ring (bicyclic) bond motifs is 1. The topological polar surface area (TPSA) is 91.2 Å². The molecule has 2 aromatic rings. The second-order valence-electron chi connectivity index (χ2n) is 4.69. The van der Waals surface area contributed by atoms with E-state index in [-0.39, 0.29) is 18.4 Å². The zero-order valence-electron chi connectivity index (χ0n) is 11.4. The van der Waals surface area contributed by atoms with Gasteiger partial charge in [-0.25, -0.2) is 0 Å². The highest BCUT2D eigenvalue weighted by Crippen LogP contribution is 2.28. The van der Waals surface area contributed by atoms with Crippen molar-refractivity contribution in [2.24, 2.45) is 0 Å². The minimum Gasteiger partial charge on any atom is -0.482 e. The minimum atomic E-state index is -0.321. The van der Waals surface area contributed by atoms with Gasteiger partial charge in [-0.1, -0.05) is 6.07 Å². The Morgan fingerprint density at radius 1 is 1.27 bits per heavy atom. The molecule has 0 fully saturated rings. The molecule has 1 heterocycles. The van der Waals surface area contributed by atoms with Gasteiger partial charge in [-0.3, -0.25) is 9.59 Å². The molecule has 0 radical (unpaired) electrons. The first-order valence-corrected chi connectivity index (χ1v) is 6.54. The average Bonchev–Trinajstić information content (AvgIpc) is 2.54. The summed E-state index contributed by atoms with van der Waals surface area (Å²) in [4.78, 5) is 23.4. The molecule has 0 saturated carbocycles. The molecule has 2 amide bonds. The van der Waals surface area contributed by atoms with Crippen LogP contribution in [0.25, 0.3) is 0 Å². The van der Waals surface area contributed by atoms with Gasteiger partial charge in [0.15, 0.2) is 6.61 Å². The summed E-state index contributed by atoms with van der Waals surface area (Å²) in [5, 5.41) is 14.2. The number of carbonyl (C=O) groups excluding carboxylic acids is 2. The van der Waals surface area contributed by atoms with Gasteiger partial charge in [-0.05, 0) is 36.4 Å². The molecule has 6 nitrogen and oxygen atoms in total. The lowest BCUT2D eigenvalue weighted by Crippen LogP contribution is -2.25. The van der Waals surface area contributed by atoms with Gasteiger partial charge >= 0.3 is 0 Å². The lowest BCUT2D eigenvalue weighted by Gasteiger charge is -2.18. The lowest BCUT2D eigenvalue weighted by atomic mass is 10.1. The summed E-state index contributed by atoms with van der Waals surface area (Å²) in [7, 11) is 0. The highest BCUT2D eigenvalue weighted by molar-refractivity contribution is 6.05. The van der Waals surface area contributed by atoms with Gasteiger partial charge < -0.3 is 15.4 Å². The highest BCUT2D eigenvalue weighted by atomic mass is 16.5. The average molecular weight is 293 g/mol. The molecule has 3 rings (SSSR count). The monoisotopic (exact) mass is 293 g/mol. The van der Waals surface area contributed by atoms with Crippen LogP contribution in [0.1, 0.15) is 15.9 Å². The predicted molar refractivity (Wildman–Crippen MR) is 79.7 cm³/mol. The first-order valence-electron chi connectivity index (χ1n) is 6.54. The Kier molecular flexibility index (Phi) is 3.46. The van der Waals surface area contributed by atoms with Crippen LogP contribution in [0, 0.1) is 11.3 Å². The number of nitriles is 1. The number of carbonyl (C=O) groups is 2. The molecule has 0 unspecified atom stereocenters. The number of hydrogen-bond acceptors (Lipinski definition) is 4. The van der Waals surface area contributed by atoms with Crippen LogP contribution in [0.4, 0.5) is 11.4 Å². The van der Waals surface area contributed by atoms with E-state index in [0.29, 0.717) is 28.3 Å². The molecular formula is C16H11N3O3. The van der Waals surface area contributed by atoms with Crippen LogP contribution in [0.15, 0.2) is 42.5 Å². The third-order valence-corrected chi connectivity index (χ3v) is 3.13. The first kappa shape index (κ1) is 13.6. The van der Waals surface area contributed by atoms with E-state index in [1.165, 1.54) is 0 Å². The quantitative estimate of drug-likeness (QED) is 0.887. The fourth-order valence-electron chi connectivity index (χ4n) is 2.09. The Hall–Kier alpha value is -3.33. The summed E-state index contributed by atoms with van der Waals surface area (Å²) in [6, 6.07) is 13.4.